The van der Waals surface area contributed by atoms with E-state index in [1.165, 1.54) is 43.1 Å². The van der Waals surface area contributed by atoms with Crippen LogP contribution in [0.25, 0.3) is 53.0 Å². The maximum absolute atomic E-state index is 14.4. The Kier molecular flexibility index (Phi) is 8.53. The Morgan fingerprint density at radius 1 is 0.459 bits per heavy atom. The Hall–Kier alpha value is -7.32. The van der Waals surface area contributed by atoms with Crippen LogP contribution in [0.4, 0.5) is 9.59 Å². The van der Waals surface area contributed by atoms with Crippen LogP contribution in [0.5, 0.6) is 0 Å². The summed E-state index contributed by atoms with van der Waals surface area (Å²) in [6.07, 6.45) is 1.74. The number of Topliss-reactive ketones (excluding diaryl/α,β-unsaturated/α-hetero) is 4. The van der Waals surface area contributed by atoms with Gasteiger partial charge in [0.15, 0.2) is 23.1 Å². The van der Waals surface area contributed by atoms with Crippen molar-refractivity contribution >= 4 is 122 Å². The van der Waals surface area contributed by atoms with E-state index < -0.39 is 12.2 Å². The van der Waals surface area contributed by atoms with Gasteiger partial charge in [-0.15, -0.1) is 34.0 Å². The van der Waals surface area contributed by atoms with Crippen molar-refractivity contribution in [2.45, 2.75) is 13.2 Å². The summed E-state index contributed by atoms with van der Waals surface area (Å²) < 4.78 is 17.5. The molecule has 2 aliphatic rings. The SMILES string of the molecule is O=C1C(=Cc2cc3c(s2)c2sc4c5sc(C=C6C(=O)c7ccccc7C6=O)cc5n(C(=O)OCc5ccccc5)c4c2n3C(=O)OCc2ccccc2)C(=O)c2ccccc21. The fourth-order valence-electron chi connectivity index (χ4n) is 8.02. The number of hydrogen-bond donors (Lipinski definition) is 0. The van der Waals surface area contributed by atoms with Gasteiger partial charge in [0, 0.05) is 32.0 Å². The van der Waals surface area contributed by atoms with Gasteiger partial charge in [-0.1, -0.05) is 109 Å². The van der Waals surface area contributed by atoms with Crippen LogP contribution in [0.1, 0.15) is 62.3 Å². The zero-order chi connectivity index (χ0) is 41.5. The molecular formula is C48H26N2O8S3. The highest BCUT2D eigenvalue weighted by Crippen LogP contribution is 2.50. The fourth-order valence-corrected chi connectivity index (χ4v) is 11.7. The van der Waals surface area contributed by atoms with Crippen molar-refractivity contribution in [1.82, 2.24) is 9.13 Å². The zero-order valence-electron chi connectivity index (χ0n) is 31.5. The molecule has 294 valence electrons. The number of aromatic nitrogens is 2. The second kappa shape index (κ2) is 14.2. The van der Waals surface area contributed by atoms with Gasteiger partial charge in [-0.3, -0.25) is 19.2 Å². The molecule has 11 rings (SSSR count). The number of ketones is 4. The summed E-state index contributed by atoms with van der Waals surface area (Å²) in [6, 6.07) is 35.4. The van der Waals surface area contributed by atoms with Gasteiger partial charge in [-0.05, 0) is 35.4 Å². The first-order valence-electron chi connectivity index (χ1n) is 19.0. The molecule has 0 bridgehead atoms. The van der Waals surface area contributed by atoms with Crippen molar-refractivity contribution < 1.29 is 38.2 Å². The maximum Gasteiger partial charge on any atom is 0.419 e. The molecule has 4 aromatic carbocycles. The van der Waals surface area contributed by atoms with Crippen LogP contribution < -0.4 is 0 Å². The lowest BCUT2D eigenvalue weighted by Crippen LogP contribution is -2.16. The molecule has 5 heterocycles. The van der Waals surface area contributed by atoms with Crippen molar-refractivity contribution in [3.63, 3.8) is 0 Å². The van der Waals surface area contributed by atoms with Gasteiger partial charge in [0.25, 0.3) is 0 Å². The molecule has 0 N–H and O–H groups in total. The molecule has 2 aliphatic carbocycles. The Morgan fingerprint density at radius 2 is 0.803 bits per heavy atom. The highest BCUT2D eigenvalue weighted by Gasteiger charge is 2.35. The molecule has 0 amide bonds. The summed E-state index contributed by atoms with van der Waals surface area (Å²) >= 11 is 4.00. The summed E-state index contributed by atoms with van der Waals surface area (Å²) in [5, 5.41) is 0. The Balaban J connectivity index is 1.10. The highest BCUT2D eigenvalue weighted by atomic mass is 32.1. The topological polar surface area (TPSA) is 131 Å². The monoisotopic (exact) mass is 854 g/mol. The van der Waals surface area contributed by atoms with E-state index in [1.54, 1.807) is 72.8 Å². The lowest BCUT2D eigenvalue weighted by molar-refractivity contribution is 0.0975. The fraction of sp³-hybridized carbons (Fsp3) is 0.0417. The Morgan fingerprint density at radius 3 is 1.16 bits per heavy atom. The maximum atomic E-state index is 14.4. The first-order chi connectivity index (χ1) is 29.7. The summed E-state index contributed by atoms with van der Waals surface area (Å²) in [5.74, 6) is -1.46. The van der Waals surface area contributed by atoms with Crippen molar-refractivity contribution in [3.8, 4) is 0 Å². The summed E-state index contributed by atoms with van der Waals surface area (Å²) in [4.78, 5) is 83.5. The number of hydrogen-bond acceptors (Lipinski definition) is 11. The highest BCUT2D eigenvalue weighted by molar-refractivity contribution is 7.34. The molecule has 13 heteroatoms. The molecule has 0 radical (unpaired) electrons. The van der Waals surface area contributed by atoms with Crippen LogP contribution in [-0.4, -0.2) is 44.5 Å². The first kappa shape index (κ1) is 36.7. The van der Waals surface area contributed by atoms with Crippen LogP contribution in [0.2, 0.25) is 0 Å². The average molecular weight is 855 g/mol. The van der Waals surface area contributed by atoms with E-state index in [9.17, 15) is 28.8 Å². The second-order valence-corrected chi connectivity index (χ2v) is 17.6. The second-order valence-electron chi connectivity index (χ2n) is 14.5. The van der Waals surface area contributed by atoms with Gasteiger partial charge >= 0.3 is 12.2 Å². The van der Waals surface area contributed by atoms with Crippen molar-refractivity contribution in [1.29, 1.82) is 0 Å². The number of thiophene rings is 3. The predicted molar refractivity (Wildman–Crippen MR) is 236 cm³/mol. The number of benzene rings is 4. The average Bonchev–Trinajstić information content (AvgIpc) is 4.15. The smallest absolute Gasteiger partial charge is 0.419 e. The molecule has 9 aromatic rings. The quantitative estimate of drug-likeness (QED) is 0.119. The number of carbonyl (C=O) groups excluding carboxylic acids is 6. The van der Waals surface area contributed by atoms with Crippen molar-refractivity contribution in [3.05, 3.63) is 176 Å². The summed E-state index contributed by atoms with van der Waals surface area (Å²) in [7, 11) is 0. The zero-order valence-corrected chi connectivity index (χ0v) is 34.0. The van der Waals surface area contributed by atoms with Gasteiger partial charge < -0.3 is 9.47 Å². The Bertz CT molecular complexity index is 3180. The lowest BCUT2D eigenvalue weighted by atomic mass is 10.1. The first-order valence-corrected chi connectivity index (χ1v) is 21.5. The number of nitrogens with zero attached hydrogens (tertiary/aromatic N) is 2. The van der Waals surface area contributed by atoms with E-state index in [0.717, 1.165) is 11.1 Å². The van der Waals surface area contributed by atoms with Crippen molar-refractivity contribution in [2.24, 2.45) is 0 Å². The van der Waals surface area contributed by atoms with Gasteiger partial charge in [-0.25, -0.2) is 18.7 Å². The van der Waals surface area contributed by atoms with Crippen LogP contribution in [0.15, 0.2) is 132 Å². The third-order valence-electron chi connectivity index (χ3n) is 10.8. The molecule has 0 saturated heterocycles. The third-order valence-corrected chi connectivity index (χ3v) is 14.5. The molecule has 61 heavy (non-hydrogen) atoms. The number of rotatable bonds is 6. The van der Waals surface area contributed by atoms with E-state index in [4.69, 9.17) is 9.47 Å². The minimum atomic E-state index is -0.696. The predicted octanol–water partition coefficient (Wildman–Crippen LogP) is 11.4. The van der Waals surface area contributed by atoms with E-state index in [-0.39, 0.29) is 47.5 Å². The van der Waals surface area contributed by atoms with E-state index >= 15 is 0 Å². The molecule has 0 atom stereocenters. The summed E-state index contributed by atoms with van der Waals surface area (Å²) in [5.41, 5.74) is 4.81. The van der Waals surface area contributed by atoms with Gasteiger partial charge in [0.05, 0.1) is 52.0 Å². The standard InChI is InChI=1S/C48H26N2O8S3/c51-39-29-15-7-8-16-30(29)40(52)33(39)19-27-21-35-43(59-27)45-37(49(35)47(55)57-23-25-11-3-1-4-12-25)38-46(61-45)44-36(50(38)48(56)58-24-26-13-5-2-6-14-26)22-28(60-44)20-34-41(53)31-17-9-10-18-32(31)42(34)54/h1-22H,23-24H2. The number of fused-ring (bicyclic) bond motifs is 9. The molecule has 0 unspecified atom stereocenters. The minimum Gasteiger partial charge on any atom is -0.444 e. The van der Waals surface area contributed by atoms with Crippen molar-refractivity contribution in [2.75, 3.05) is 0 Å². The normalized spacial score (nSPS) is 13.6. The molecule has 0 saturated carbocycles. The molecule has 0 aliphatic heterocycles. The molecule has 0 fully saturated rings. The Labute approximate surface area is 356 Å². The minimum absolute atomic E-state index is 0.0228. The summed E-state index contributed by atoms with van der Waals surface area (Å²) in [6.45, 7) is -0.0457. The molecule has 10 nitrogen and oxygen atoms in total. The van der Waals surface area contributed by atoms with Crippen LogP contribution in [-0.2, 0) is 22.7 Å². The van der Waals surface area contributed by atoms with E-state index in [0.29, 0.717) is 72.9 Å². The molecule has 5 aromatic heterocycles. The van der Waals surface area contributed by atoms with Gasteiger partial charge in [0.2, 0.25) is 0 Å². The molecule has 0 spiro atoms. The van der Waals surface area contributed by atoms with Crippen LogP contribution in [0.3, 0.4) is 0 Å². The largest absolute Gasteiger partial charge is 0.444 e. The molecular weight excluding hydrogens is 829 g/mol. The number of carbonyl (C=O) groups is 6. The van der Waals surface area contributed by atoms with Crippen LogP contribution >= 0.6 is 34.0 Å². The third kappa shape index (κ3) is 5.80. The van der Waals surface area contributed by atoms with Gasteiger partial charge in [-0.2, -0.15) is 0 Å². The van der Waals surface area contributed by atoms with Gasteiger partial charge in [0.1, 0.15) is 13.2 Å². The van der Waals surface area contributed by atoms with E-state index in [1.807, 2.05) is 60.7 Å². The lowest BCUT2D eigenvalue weighted by Gasteiger charge is -2.10. The number of ether oxygens (including phenoxy) is 2. The van der Waals surface area contributed by atoms with Crippen LogP contribution in [0, 0.1) is 0 Å². The number of allylic oxidation sites excluding steroid dienone is 2. The van der Waals surface area contributed by atoms with E-state index in [2.05, 4.69) is 0 Å².